The number of carbonyl (C=O) groups is 1. The van der Waals surface area contributed by atoms with Crippen molar-refractivity contribution in [3.05, 3.63) is 35.4 Å². The van der Waals surface area contributed by atoms with Gasteiger partial charge in [0, 0.05) is 19.1 Å². The van der Waals surface area contributed by atoms with Crippen molar-refractivity contribution in [2.45, 2.75) is 43.9 Å². The Kier molecular flexibility index (Phi) is 4.62. The molecule has 6 heteroatoms. The van der Waals surface area contributed by atoms with Gasteiger partial charge in [-0.05, 0) is 43.2 Å². The lowest BCUT2D eigenvalue weighted by atomic mass is 10.1. The number of hydrogen-bond donors (Lipinski definition) is 1. The van der Waals surface area contributed by atoms with Gasteiger partial charge in [0.1, 0.15) is 0 Å². The molecule has 3 nitrogen and oxygen atoms in total. The van der Waals surface area contributed by atoms with Crippen LogP contribution in [0.3, 0.4) is 0 Å². The highest BCUT2D eigenvalue weighted by atomic mass is 19.4. The topological polar surface area (TPSA) is 38.3 Å². The largest absolute Gasteiger partial charge is 0.416 e. The molecule has 1 aromatic carbocycles. The Bertz CT molecular complexity index is 567. The minimum atomic E-state index is -4.34. The Morgan fingerprint density at radius 1 is 1.35 bits per heavy atom. The second-order valence-electron chi connectivity index (χ2n) is 6.29. The molecular weight excluding hydrogens is 307 g/mol. The lowest BCUT2D eigenvalue weighted by Crippen LogP contribution is -2.28. The zero-order valence-corrected chi connectivity index (χ0v) is 12.7. The SMILES string of the molecule is O=C(NCC[C@@H]1CCCO1)[C@@H]1C[C@@H]1c1cccc(C(F)(F)F)c1. The smallest absolute Gasteiger partial charge is 0.378 e. The first kappa shape index (κ1) is 16.3. The molecule has 1 heterocycles. The molecule has 1 saturated heterocycles. The molecule has 1 aliphatic heterocycles. The van der Waals surface area contributed by atoms with Crippen molar-refractivity contribution in [1.82, 2.24) is 5.32 Å². The molecule has 0 radical (unpaired) electrons. The molecule has 2 aliphatic rings. The molecule has 0 aromatic heterocycles. The molecule has 0 spiro atoms. The van der Waals surface area contributed by atoms with E-state index in [1.807, 2.05) is 0 Å². The first-order valence-corrected chi connectivity index (χ1v) is 8.01. The number of benzene rings is 1. The van der Waals surface area contributed by atoms with Crippen LogP contribution in [0.5, 0.6) is 0 Å². The first-order chi connectivity index (χ1) is 10.9. The van der Waals surface area contributed by atoms with E-state index in [0.717, 1.165) is 38.0 Å². The summed E-state index contributed by atoms with van der Waals surface area (Å²) in [4.78, 5) is 12.1. The third kappa shape index (κ3) is 4.05. The van der Waals surface area contributed by atoms with Gasteiger partial charge in [-0.2, -0.15) is 13.2 Å². The van der Waals surface area contributed by atoms with Gasteiger partial charge in [-0.25, -0.2) is 0 Å². The van der Waals surface area contributed by atoms with Crippen LogP contribution in [0.1, 0.15) is 42.7 Å². The second kappa shape index (κ2) is 6.51. The van der Waals surface area contributed by atoms with Crippen molar-refractivity contribution in [2.75, 3.05) is 13.2 Å². The maximum Gasteiger partial charge on any atom is 0.416 e. The third-order valence-corrected chi connectivity index (χ3v) is 4.56. The van der Waals surface area contributed by atoms with Crippen molar-refractivity contribution in [3.63, 3.8) is 0 Å². The third-order valence-electron chi connectivity index (χ3n) is 4.56. The molecule has 1 amide bonds. The van der Waals surface area contributed by atoms with Gasteiger partial charge in [-0.3, -0.25) is 4.79 Å². The first-order valence-electron chi connectivity index (χ1n) is 8.01. The van der Waals surface area contributed by atoms with Gasteiger partial charge in [0.2, 0.25) is 5.91 Å². The second-order valence-corrected chi connectivity index (χ2v) is 6.29. The molecule has 2 fully saturated rings. The van der Waals surface area contributed by atoms with Crippen LogP contribution in [0.2, 0.25) is 0 Å². The van der Waals surface area contributed by atoms with Crippen LogP contribution in [-0.2, 0) is 15.7 Å². The zero-order chi connectivity index (χ0) is 16.4. The van der Waals surface area contributed by atoms with E-state index in [1.165, 1.54) is 6.07 Å². The number of hydrogen-bond acceptors (Lipinski definition) is 2. The van der Waals surface area contributed by atoms with E-state index in [4.69, 9.17) is 4.74 Å². The fraction of sp³-hybridized carbons (Fsp3) is 0.588. The highest BCUT2D eigenvalue weighted by molar-refractivity contribution is 5.82. The van der Waals surface area contributed by atoms with Crippen molar-refractivity contribution >= 4 is 5.91 Å². The number of nitrogens with one attached hydrogen (secondary N) is 1. The molecule has 3 atom stereocenters. The summed E-state index contributed by atoms with van der Waals surface area (Å²) < 4.78 is 43.7. The van der Waals surface area contributed by atoms with Crippen LogP contribution in [-0.4, -0.2) is 25.2 Å². The van der Waals surface area contributed by atoms with Crippen LogP contribution in [0.15, 0.2) is 24.3 Å². The minimum Gasteiger partial charge on any atom is -0.378 e. The summed E-state index contributed by atoms with van der Waals surface area (Å²) in [6.45, 7) is 1.36. The van der Waals surface area contributed by atoms with E-state index in [2.05, 4.69) is 5.32 Å². The molecule has 1 aliphatic carbocycles. The van der Waals surface area contributed by atoms with E-state index in [-0.39, 0.29) is 23.8 Å². The normalized spacial score (nSPS) is 27.0. The Morgan fingerprint density at radius 3 is 2.87 bits per heavy atom. The van der Waals surface area contributed by atoms with Crippen LogP contribution < -0.4 is 5.32 Å². The molecule has 1 N–H and O–H groups in total. The van der Waals surface area contributed by atoms with Gasteiger partial charge in [0.25, 0.3) is 0 Å². The number of halogens is 3. The van der Waals surface area contributed by atoms with E-state index in [9.17, 15) is 18.0 Å². The maximum atomic E-state index is 12.7. The molecule has 1 aromatic rings. The minimum absolute atomic E-state index is 0.0644. The average molecular weight is 327 g/mol. The van der Waals surface area contributed by atoms with Crippen molar-refractivity contribution in [3.8, 4) is 0 Å². The molecule has 0 unspecified atom stereocenters. The summed E-state index contributed by atoms with van der Waals surface area (Å²) in [5, 5.41) is 2.87. The van der Waals surface area contributed by atoms with Crippen LogP contribution >= 0.6 is 0 Å². The molecular formula is C17H20F3NO2. The van der Waals surface area contributed by atoms with Crippen LogP contribution in [0.4, 0.5) is 13.2 Å². The van der Waals surface area contributed by atoms with Gasteiger partial charge in [0.05, 0.1) is 11.7 Å². The van der Waals surface area contributed by atoms with Crippen molar-refractivity contribution < 1.29 is 22.7 Å². The molecule has 126 valence electrons. The number of ether oxygens (including phenoxy) is 1. The fourth-order valence-corrected chi connectivity index (χ4v) is 3.16. The summed E-state index contributed by atoms with van der Waals surface area (Å²) in [6.07, 6.45) is -0.594. The highest BCUT2D eigenvalue weighted by Crippen LogP contribution is 2.48. The van der Waals surface area contributed by atoms with Gasteiger partial charge < -0.3 is 10.1 Å². The van der Waals surface area contributed by atoms with Crippen LogP contribution in [0, 0.1) is 5.92 Å². The van der Waals surface area contributed by atoms with Crippen molar-refractivity contribution in [1.29, 1.82) is 0 Å². The number of alkyl halides is 3. The zero-order valence-electron chi connectivity index (χ0n) is 12.7. The van der Waals surface area contributed by atoms with Crippen LogP contribution in [0.25, 0.3) is 0 Å². The molecule has 3 rings (SSSR count). The van der Waals surface area contributed by atoms with E-state index < -0.39 is 11.7 Å². The highest BCUT2D eigenvalue weighted by Gasteiger charge is 2.44. The molecule has 23 heavy (non-hydrogen) atoms. The summed E-state index contributed by atoms with van der Waals surface area (Å²) in [7, 11) is 0. The quantitative estimate of drug-likeness (QED) is 0.899. The van der Waals surface area contributed by atoms with Gasteiger partial charge in [0.15, 0.2) is 0 Å². The maximum absolute atomic E-state index is 12.7. The summed E-state index contributed by atoms with van der Waals surface area (Å²) in [5.41, 5.74) is -0.0569. The monoisotopic (exact) mass is 327 g/mol. The molecule has 1 saturated carbocycles. The van der Waals surface area contributed by atoms with Crippen molar-refractivity contribution in [2.24, 2.45) is 5.92 Å². The predicted molar refractivity (Wildman–Crippen MR) is 78.9 cm³/mol. The summed E-state index contributed by atoms with van der Waals surface area (Å²) >= 11 is 0. The summed E-state index contributed by atoms with van der Waals surface area (Å²) in [6, 6.07) is 5.29. The van der Waals surface area contributed by atoms with Gasteiger partial charge in [-0.1, -0.05) is 18.2 Å². The predicted octanol–water partition coefficient (Wildman–Crippen LogP) is 3.49. The summed E-state index contributed by atoms with van der Waals surface area (Å²) in [5.74, 6) is -0.367. The Labute approximate surface area is 133 Å². The van der Waals surface area contributed by atoms with E-state index >= 15 is 0 Å². The lowest BCUT2D eigenvalue weighted by molar-refractivity contribution is -0.137. The van der Waals surface area contributed by atoms with E-state index in [1.54, 1.807) is 6.07 Å². The Balaban J connectivity index is 1.49. The average Bonchev–Trinajstić information content (AvgIpc) is 3.16. The van der Waals surface area contributed by atoms with Gasteiger partial charge in [-0.15, -0.1) is 0 Å². The molecule has 0 bridgehead atoms. The lowest BCUT2D eigenvalue weighted by Gasteiger charge is -2.10. The Hall–Kier alpha value is -1.56. The fourth-order valence-electron chi connectivity index (χ4n) is 3.16. The standard InChI is InChI=1S/C17H20F3NO2/c18-17(19,20)12-4-1-3-11(9-12)14-10-15(14)16(22)21-7-6-13-5-2-8-23-13/h1,3-4,9,13-15H,2,5-8,10H2,(H,21,22)/t13-,14+,15+/m0/s1. The van der Waals surface area contributed by atoms with Gasteiger partial charge >= 0.3 is 6.18 Å². The number of amides is 1. The van der Waals surface area contributed by atoms with E-state index in [0.29, 0.717) is 18.5 Å². The Morgan fingerprint density at radius 2 is 2.17 bits per heavy atom. The number of rotatable bonds is 5. The number of carbonyl (C=O) groups excluding carboxylic acids is 1.